The van der Waals surface area contributed by atoms with Crippen molar-refractivity contribution in [1.82, 2.24) is 25.1 Å². The minimum Gasteiger partial charge on any atom is -0.342 e. The van der Waals surface area contributed by atoms with Gasteiger partial charge in [-0.2, -0.15) is 0 Å². The van der Waals surface area contributed by atoms with Gasteiger partial charge in [0.2, 0.25) is 11.8 Å². The molecule has 0 unspecified atom stereocenters. The van der Waals surface area contributed by atoms with Gasteiger partial charge in [-0.05, 0) is 48.2 Å². The molecule has 1 aromatic heterocycles. The van der Waals surface area contributed by atoms with Crippen LogP contribution in [0.25, 0.3) is 11.4 Å². The van der Waals surface area contributed by atoms with Gasteiger partial charge < -0.3 is 10.2 Å². The Hall–Kier alpha value is -2.77. The van der Waals surface area contributed by atoms with Gasteiger partial charge in [-0.1, -0.05) is 12.1 Å². The van der Waals surface area contributed by atoms with Gasteiger partial charge in [0.15, 0.2) is 5.82 Å². The highest BCUT2D eigenvalue weighted by atomic mass is 16.2. The first kappa shape index (κ1) is 16.7. The lowest BCUT2D eigenvalue weighted by atomic mass is 9.95. The highest BCUT2D eigenvalue weighted by Gasteiger charge is 2.35. The van der Waals surface area contributed by atoms with Crippen molar-refractivity contribution in [3.63, 3.8) is 0 Å². The van der Waals surface area contributed by atoms with Gasteiger partial charge in [0, 0.05) is 43.2 Å². The lowest BCUT2D eigenvalue weighted by Crippen LogP contribution is -2.42. The van der Waals surface area contributed by atoms with Gasteiger partial charge in [0.05, 0.1) is 0 Å². The summed E-state index contributed by atoms with van der Waals surface area (Å²) in [4.78, 5) is 26.6. The number of nitrogens with zero attached hydrogens (tertiary/aromatic N) is 5. The molecule has 0 atom stereocenters. The van der Waals surface area contributed by atoms with E-state index in [0.29, 0.717) is 18.9 Å². The minimum absolute atomic E-state index is 0.0109. The highest BCUT2D eigenvalue weighted by Crippen LogP contribution is 2.32. The molecule has 26 heavy (non-hydrogen) atoms. The molecule has 2 amide bonds. The molecule has 4 rings (SSSR count). The maximum Gasteiger partial charge on any atom is 0.227 e. The van der Waals surface area contributed by atoms with E-state index in [-0.39, 0.29) is 23.7 Å². The van der Waals surface area contributed by atoms with E-state index >= 15 is 0 Å². The summed E-state index contributed by atoms with van der Waals surface area (Å²) >= 11 is 0. The molecule has 2 aliphatic rings. The molecule has 1 aliphatic carbocycles. The summed E-state index contributed by atoms with van der Waals surface area (Å²) in [5, 5.41) is 14.5. The van der Waals surface area contributed by atoms with Crippen molar-refractivity contribution in [3.8, 4) is 11.4 Å². The number of carbonyl (C=O) groups excluding carboxylic acids is 2. The molecule has 0 bridgehead atoms. The number of piperidine rings is 1. The molecule has 1 saturated carbocycles. The van der Waals surface area contributed by atoms with Crippen molar-refractivity contribution in [2.24, 2.45) is 18.9 Å². The normalized spacial score (nSPS) is 18.0. The van der Waals surface area contributed by atoms with Gasteiger partial charge in [-0.25, -0.2) is 4.68 Å². The van der Waals surface area contributed by atoms with Gasteiger partial charge in [-0.15, -0.1) is 5.10 Å². The van der Waals surface area contributed by atoms with Crippen molar-refractivity contribution in [2.75, 3.05) is 18.4 Å². The molecule has 8 nitrogen and oxygen atoms in total. The van der Waals surface area contributed by atoms with E-state index in [4.69, 9.17) is 0 Å². The second kappa shape index (κ2) is 6.86. The number of carbonyl (C=O) groups is 2. The standard InChI is InChI=1S/C18H22N6O2/c1-23-16(20-21-22-23)14-3-2-4-15(11-14)19-17(25)12-7-9-24(10-8-12)18(26)13-5-6-13/h2-4,11-13H,5-10H2,1H3,(H,19,25). The van der Waals surface area contributed by atoms with Gasteiger partial charge in [-0.3, -0.25) is 9.59 Å². The number of benzene rings is 1. The molecule has 1 N–H and O–H groups in total. The Labute approximate surface area is 151 Å². The second-order valence-corrected chi connectivity index (χ2v) is 7.07. The first-order valence-electron chi connectivity index (χ1n) is 9.04. The van der Waals surface area contributed by atoms with E-state index in [1.165, 1.54) is 0 Å². The second-order valence-electron chi connectivity index (χ2n) is 7.07. The summed E-state index contributed by atoms with van der Waals surface area (Å²) in [5.74, 6) is 1.12. The maximum absolute atomic E-state index is 12.6. The number of rotatable bonds is 4. The minimum atomic E-state index is -0.0570. The topological polar surface area (TPSA) is 93.0 Å². The Morgan fingerprint density at radius 2 is 1.88 bits per heavy atom. The number of hydrogen-bond acceptors (Lipinski definition) is 5. The summed E-state index contributed by atoms with van der Waals surface area (Å²) in [7, 11) is 1.78. The Kier molecular flexibility index (Phi) is 4.40. The van der Waals surface area contributed by atoms with Crippen LogP contribution < -0.4 is 5.32 Å². The summed E-state index contributed by atoms with van der Waals surface area (Å²) in [6.07, 6.45) is 3.49. The highest BCUT2D eigenvalue weighted by molar-refractivity contribution is 5.93. The van der Waals surface area contributed by atoms with E-state index in [1.807, 2.05) is 29.2 Å². The van der Waals surface area contributed by atoms with Crippen LogP contribution in [-0.4, -0.2) is 50.0 Å². The molecule has 8 heteroatoms. The number of anilines is 1. The Morgan fingerprint density at radius 1 is 1.12 bits per heavy atom. The van der Waals surface area contributed by atoms with Gasteiger partial charge in [0.25, 0.3) is 0 Å². The predicted octanol–water partition coefficient (Wildman–Crippen LogP) is 1.46. The smallest absolute Gasteiger partial charge is 0.227 e. The lowest BCUT2D eigenvalue weighted by molar-refractivity contribution is -0.135. The Balaban J connectivity index is 1.36. The van der Waals surface area contributed by atoms with E-state index < -0.39 is 0 Å². The number of amides is 2. The van der Waals surface area contributed by atoms with E-state index in [1.54, 1.807) is 11.7 Å². The summed E-state index contributed by atoms with van der Waals surface area (Å²) in [6, 6.07) is 7.51. The fourth-order valence-corrected chi connectivity index (χ4v) is 3.40. The average Bonchev–Trinajstić information content (AvgIpc) is 3.42. The van der Waals surface area contributed by atoms with Crippen LogP contribution in [0.15, 0.2) is 24.3 Å². The average molecular weight is 354 g/mol. The zero-order chi connectivity index (χ0) is 18.1. The summed E-state index contributed by atoms with van der Waals surface area (Å²) in [6.45, 7) is 1.36. The molecular formula is C18H22N6O2. The largest absolute Gasteiger partial charge is 0.342 e. The van der Waals surface area contributed by atoms with Crippen LogP contribution in [0.4, 0.5) is 5.69 Å². The summed E-state index contributed by atoms with van der Waals surface area (Å²) in [5.41, 5.74) is 1.58. The molecule has 0 spiro atoms. The van der Waals surface area contributed by atoms with Crippen LogP contribution in [0.1, 0.15) is 25.7 Å². The quantitative estimate of drug-likeness (QED) is 0.897. The van der Waals surface area contributed by atoms with Crippen LogP contribution in [-0.2, 0) is 16.6 Å². The third-order valence-corrected chi connectivity index (χ3v) is 5.11. The third-order valence-electron chi connectivity index (χ3n) is 5.11. The molecule has 2 heterocycles. The first-order valence-corrected chi connectivity index (χ1v) is 9.04. The Morgan fingerprint density at radius 3 is 2.54 bits per heavy atom. The SMILES string of the molecule is Cn1nnnc1-c1cccc(NC(=O)C2CCN(C(=O)C3CC3)CC2)c1. The van der Waals surface area contributed by atoms with Crippen molar-refractivity contribution in [1.29, 1.82) is 0 Å². The summed E-state index contributed by atoms with van der Waals surface area (Å²) < 4.78 is 1.59. The fraction of sp³-hybridized carbons (Fsp3) is 0.500. The van der Waals surface area contributed by atoms with Gasteiger partial charge in [0.1, 0.15) is 0 Å². The monoisotopic (exact) mass is 354 g/mol. The number of aromatic nitrogens is 4. The van der Waals surface area contributed by atoms with Crippen LogP contribution in [0.5, 0.6) is 0 Å². The lowest BCUT2D eigenvalue weighted by Gasteiger charge is -2.31. The Bertz CT molecular complexity index is 821. The third kappa shape index (κ3) is 3.44. The molecule has 2 aromatic rings. The van der Waals surface area contributed by atoms with Crippen LogP contribution in [0.2, 0.25) is 0 Å². The molecular weight excluding hydrogens is 332 g/mol. The zero-order valence-electron chi connectivity index (χ0n) is 14.8. The van der Waals surface area contributed by atoms with Crippen molar-refractivity contribution < 1.29 is 9.59 Å². The van der Waals surface area contributed by atoms with Crippen molar-refractivity contribution >= 4 is 17.5 Å². The van der Waals surface area contributed by atoms with Crippen molar-refractivity contribution in [2.45, 2.75) is 25.7 Å². The number of aryl methyl sites for hydroxylation is 1. The van der Waals surface area contributed by atoms with Crippen LogP contribution in [0.3, 0.4) is 0 Å². The molecule has 136 valence electrons. The number of nitrogens with one attached hydrogen (secondary N) is 1. The van der Waals surface area contributed by atoms with E-state index in [2.05, 4.69) is 20.8 Å². The fourth-order valence-electron chi connectivity index (χ4n) is 3.40. The number of tetrazole rings is 1. The van der Waals surface area contributed by atoms with Crippen molar-refractivity contribution in [3.05, 3.63) is 24.3 Å². The number of likely N-dealkylation sites (tertiary alicyclic amines) is 1. The molecule has 2 fully saturated rings. The zero-order valence-corrected chi connectivity index (χ0v) is 14.8. The van der Waals surface area contributed by atoms with Crippen LogP contribution >= 0.6 is 0 Å². The molecule has 1 aliphatic heterocycles. The van der Waals surface area contributed by atoms with Crippen LogP contribution in [0, 0.1) is 11.8 Å². The van der Waals surface area contributed by atoms with E-state index in [9.17, 15) is 9.59 Å². The molecule has 1 saturated heterocycles. The predicted molar refractivity (Wildman–Crippen MR) is 94.9 cm³/mol. The molecule has 1 aromatic carbocycles. The maximum atomic E-state index is 12.6. The number of hydrogen-bond donors (Lipinski definition) is 1. The van der Waals surface area contributed by atoms with E-state index in [0.717, 1.165) is 36.9 Å². The molecule has 0 radical (unpaired) electrons. The van der Waals surface area contributed by atoms with Gasteiger partial charge >= 0.3 is 0 Å². The first-order chi connectivity index (χ1) is 12.6.